The number of hydrogen-bond donors (Lipinski definition) is 0. The van der Waals surface area contributed by atoms with Gasteiger partial charge in [-0.3, -0.25) is 0 Å². The maximum Gasteiger partial charge on any atom is 0 e. The molecule has 0 aromatic heterocycles. The summed E-state index contributed by atoms with van der Waals surface area (Å²) in [6.45, 7) is 6.31. The van der Waals surface area contributed by atoms with Crippen LogP contribution in [0.25, 0.3) is 0 Å². The molecule has 0 spiro atoms. The summed E-state index contributed by atoms with van der Waals surface area (Å²) in [4.78, 5) is 0. The van der Waals surface area contributed by atoms with Gasteiger partial charge in [0.25, 0.3) is 0 Å². The van der Waals surface area contributed by atoms with Crippen LogP contribution < -0.4 is 0 Å². The summed E-state index contributed by atoms with van der Waals surface area (Å²) in [6.07, 6.45) is 11.0. The third-order valence-corrected chi connectivity index (χ3v) is 2.21. The van der Waals surface area contributed by atoms with Gasteiger partial charge in [-0.05, 0) is 5.92 Å². The molecule has 2 rings (SSSR count). The molecular weight excluding hydrogens is 221 g/mol. The predicted molar refractivity (Wildman–Crippen MR) is 52.5 cm³/mol. The Balaban J connectivity index is 0. The Labute approximate surface area is 104 Å². The molecular formula is C11H23Y-. The molecule has 0 atom stereocenters. The van der Waals surface area contributed by atoms with Crippen molar-refractivity contribution in [1.29, 1.82) is 0 Å². The Morgan fingerprint density at radius 2 is 1.25 bits per heavy atom. The van der Waals surface area contributed by atoms with E-state index in [9.17, 15) is 0 Å². The Kier molecular flexibility index (Phi) is 15.7. The van der Waals surface area contributed by atoms with Gasteiger partial charge in [0.1, 0.15) is 0 Å². The molecule has 0 unspecified atom stereocenters. The fourth-order valence-electron chi connectivity index (χ4n) is 0.816. The molecule has 2 aliphatic carbocycles. The molecule has 0 amide bonds. The van der Waals surface area contributed by atoms with E-state index in [-0.39, 0.29) is 32.7 Å². The van der Waals surface area contributed by atoms with Crippen molar-refractivity contribution in [2.45, 2.75) is 59.3 Å². The molecule has 1 radical (unpaired) electrons. The Bertz CT molecular complexity index is 59.4. The summed E-state index contributed by atoms with van der Waals surface area (Å²) in [6, 6.07) is 0. The molecule has 2 saturated carbocycles. The zero-order valence-corrected chi connectivity index (χ0v) is 11.8. The van der Waals surface area contributed by atoms with E-state index in [1.54, 1.807) is 0 Å². The average molecular weight is 244 g/mol. The fraction of sp³-hybridized carbons (Fsp3) is 0.909. The third kappa shape index (κ3) is 9.19. The van der Waals surface area contributed by atoms with Crippen LogP contribution in [0.3, 0.4) is 0 Å². The van der Waals surface area contributed by atoms with Crippen LogP contribution in [0.5, 0.6) is 0 Å². The van der Waals surface area contributed by atoms with Gasteiger partial charge in [-0.2, -0.15) is 12.8 Å². The van der Waals surface area contributed by atoms with E-state index in [2.05, 4.69) is 13.3 Å². The zero-order chi connectivity index (χ0) is 8.53. The monoisotopic (exact) mass is 244 g/mol. The fourth-order valence-corrected chi connectivity index (χ4v) is 0.816. The van der Waals surface area contributed by atoms with E-state index in [0.717, 1.165) is 5.92 Å². The van der Waals surface area contributed by atoms with Crippen molar-refractivity contribution in [3.05, 3.63) is 6.42 Å². The Hall–Kier alpha value is 1.10. The summed E-state index contributed by atoms with van der Waals surface area (Å²) in [5.74, 6) is 1.06. The van der Waals surface area contributed by atoms with Crippen LogP contribution in [0, 0.1) is 12.3 Å². The maximum atomic E-state index is 2.31. The Morgan fingerprint density at radius 3 is 1.25 bits per heavy atom. The minimum atomic E-state index is 0. The molecule has 0 N–H and O–H groups in total. The van der Waals surface area contributed by atoms with Gasteiger partial charge in [0, 0.05) is 32.7 Å². The van der Waals surface area contributed by atoms with Crippen molar-refractivity contribution in [2.24, 2.45) is 5.92 Å². The topological polar surface area (TPSA) is 0 Å². The molecule has 0 aromatic carbocycles. The third-order valence-electron chi connectivity index (χ3n) is 2.21. The van der Waals surface area contributed by atoms with E-state index >= 15 is 0 Å². The van der Waals surface area contributed by atoms with Crippen LogP contribution in [0.4, 0.5) is 0 Å². The Morgan fingerprint density at radius 1 is 1.00 bits per heavy atom. The molecule has 1 heteroatoms. The first-order valence-corrected chi connectivity index (χ1v) is 5.21. The van der Waals surface area contributed by atoms with Crippen molar-refractivity contribution in [3.8, 4) is 0 Å². The van der Waals surface area contributed by atoms with Gasteiger partial charge in [0.05, 0.1) is 0 Å². The first-order valence-electron chi connectivity index (χ1n) is 5.21. The van der Waals surface area contributed by atoms with Crippen molar-refractivity contribution in [2.75, 3.05) is 0 Å². The molecule has 2 fully saturated rings. The second-order valence-corrected chi connectivity index (χ2v) is 3.26. The van der Waals surface area contributed by atoms with Crippen molar-refractivity contribution in [1.82, 2.24) is 0 Å². The first-order chi connectivity index (χ1) is 5.39. The summed E-state index contributed by atoms with van der Waals surface area (Å²) >= 11 is 0. The van der Waals surface area contributed by atoms with Crippen LogP contribution >= 0.6 is 0 Å². The number of hydrogen-bond acceptors (Lipinski definition) is 0. The molecule has 0 heterocycles. The zero-order valence-electron chi connectivity index (χ0n) is 8.97. The summed E-state index contributed by atoms with van der Waals surface area (Å²) in [5, 5.41) is 0. The summed E-state index contributed by atoms with van der Waals surface area (Å²) in [5.41, 5.74) is 0. The van der Waals surface area contributed by atoms with E-state index in [4.69, 9.17) is 0 Å². The minimum absolute atomic E-state index is 0. The van der Waals surface area contributed by atoms with Gasteiger partial charge in [-0.1, -0.05) is 40.0 Å². The molecule has 2 aliphatic rings. The maximum absolute atomic E-state index is 2.31. The molecule has 0 aromatic rings. The predicted octanol–water partition coefficient (Wildman–Crippen LogP) is 4.20. The molecule has 0 bridgehead atoms. The standard InChI is InChI=1S/C5H10.C4H7.C2H6.Y/c1-5-3-2-4-5;1-2-4-3-1;1-2;/h5H,2-4H2,1H3;1H,2-4H2;1-2H3;/q;-1;;. The van der Waals surface area contributed by atoms with E-state index in [1.807, 2.05) is 13.8 Å². The second kappa shape index (κ2) is 12.1. The van der Waals surface area contributed by atoms with Crippen LogP contribution in [0.1, 0.15) is 59.3 Å². The summed E-state index contributed by atoms with van der Waals surface area (Å²) < 4.78 is 0. The molecule has 0 saturated heterocycles. The first kappa shape index (κ1) is 15.6. The van der Waals surface area contributed by atoms with Crippen molar-refractivity contribution < 1.29 is 32.7 Å². The van der Waals surface area contributed by atoms with Gasteiger partial charge in [-0.25, -0.2) is 0 Å². The van der Waals surface area contributed by atoms with E-state index in [1.165, 1.54) is 38.5 Å². The van der Waals surface area contributed by atoms with Crippen molar-refractivity contribution in [3.63, 3.8) is 0 Å². The smallest absolute Gasteiger partial charge is 0 e. The SMILES string of the molecule is CC.CC1CCC1.[CH-]1CCC1.[Y]. The molecule has 12 heavy (non-hydrogen) atoms. The van der Waals surface area contributed by atoms with Crippen molar-refractivity contribution >= 4 is 0 Å². The van der Waals surface area contributed by atoms with Gasteiger partial charge in [0.15, 0.2) is 0 Å². The number of rotatable bonds is 0. The van der Waals surface area contributed by atoms with Gasteiger partial charge in [0.2, 0.25) is 0 Å². The molecule has 0 aliphatic heterocycles. The molecule has 71 valence electrons. The quantitative estimate of drug-likeness (QED) is 0.560. The van der Waals surface area contributed by atoms with E-state index < -0.39 is 0 Å². The molecule has 0 nitrogen and oxygen atoms in total. The van der Waals surface area contributed by atoms with Gasteiger partial charge < -0.3 is 6.42 Å². The van der Waals surface area contributed by atoms with Gasteiger partial charge in [-0.15, -0.1) is 6.42 Å². The largest absolute Gasteiger partial charge is 0.329 e. The van der Waals surface area contributed by atoms with Crippen LogP contribution in [-0.2, 0) is 32.7 Å². The second-order valence-electron chi connectivity index (χ2n) is 3.26. The van der Waals surface area contributed by atoms with E-state index in [0.29, 0.717) is 0 Å². The average Bonchev–Trinajstić information content (AvgIpc) is 1.85. The van der Waals surface area contributed by atoms with Gasteiger partial charge >= 0.3 is 0 Å². The normalized spacial score (nSPS) is 19.2. The minimum Gasteiger partial charge on any atom is -0.329 e. The summed E-state index contributed by atoms with van der Waals surface area (Å²) in [7, 11) is 0. The van der Waals surface area contributed by atoms with Crippen LogP contribution in [-0.4, -0.2) is 0 Å². The van der Waals surface area contributed by atoms with Crippen LogP contribution in [0.2, 0.25) is 0 Å². The van der Waals surface area contributed by atoms with Crippen LogP contribution in [0.15, 0.2) is 0 Å².